The molecular weight excluding hydrogens is 503 g/mol. The van der Waals surface area contributed by atoms with Crippen LogP contribution in [0.4, 0.5) is 5.82 Å². The maximum atomic E-state index is 4.77. The molecule has 0 amide bonds. The number of nitrogens with zero attached hydrogens (tertiary/aromatic N) is 6. The lowest BCUT2D eigenvalue weighted by atomic mass is 10.1. The predicted molar refractivity (Wildman–Crippen MR) is 135 cm³/mol. The Morgan fingerprint density at radius 2 is 1.97 bits per heavy atom. The molecule has 1 aliphatic heterocycles. The number of nitrogens with one attached hydrogen (secondary N) is 2. The molecule has 31 heavy (non-hydrogen) atoms. The van der Waals surface area contributed by atoms with Crippen LogP contribution >= 0.6 is 24.0 Å². The van der Waals surface area contributed by atoms with E-state index in [9.17, 15) is 0 Å². The summed E-state index contributed by atoms with van der Waals surface area (Å²) in [5.74, 6) is 2.89. The van der Waals surface area contributed by atoms with E-state index in [-0.39, 0.29) is 24.0 Å². The van der Waals surface area contributed by atoms with Gasteiger partial charge in [-0.1, -0.05) is 12.1 Å². The van der Waals surface area contributed by atoms with E-state index in [4.69, 9.17) is 4.99 Å². The molecular formula is C22H31IN8. The van der Waals surface area contributed by atoms with Crippen LogP contribution in [0.25, 0.3) is 5.65 Å². The Kier molecular flexibility index (Phi) is 8.44. The van der Waals surface area contributed by atoms with Gasteiger partial charge in [0, 0.05) is 50.5 Å². The van der Waals surface area contributed by atoms with E-state index in [1.54, 1.807) is 0 Å². The van der Waals surface area contributed by atoms with Crippen LogP contribution in [-0.4, -0.2) is 57.8 Å². The fourth-order valence-electron chi connectivity index (χ4n) is 3.80. The quantitative estimate of drug-likeness (QED) is 0.288. The lowest BCUT2D eigenvalue weighted by Crippen LogP contribution is -2.49. The zero-order valence-corrected chi connectivity index (χ0v) is 20.5. The van der Waals surface area contributed by atoms with E-state index in [2.05, 4.69) is 49.8 Å². The minimum Gasteiger partial charge on any atom is -0.357 e. The second kappa shape index (κ2) is 11.3. The van der Waals surface area contributed by atoms with Crippen molar-refractivity contribution in [1.82, 2.24) is 30.2 Å². The standard InChI is InChI=1S/C22H30N8.HI/c1-3-23-22(24-13-10-21-28-27-20-8-4-5-14-30(20)21)26-18-11-15-29(16-12-18)19-9-6-7-17(2)25-19;/h4-9,14,18H,3,10-13,15-16H2,1-2H3,(H2,23,24,26);1H. The highest BCUT2D eigenvalue weighted by atomic mass is 127. The zero-order valence-electron chi connectivity index (χ0n) is 18.2. The number of guanidine groups is 1. The molecule has 0 spiro atoms. The number of rotatable bonds is 6. The van der Waals surface area contributed by atoms with Gasteiger partial charge in [-0.05, 0) is 51.0 Å². The molecule has 4 heterocycles. The van der Waals surface area contributed by atoms with Crippen molar-refractivity contribution in [2.24, 2.45) is 4.99 Å². The Balaban J connectivity index is 0.00000272. The molecule has 166 valence electrons. The van der Waals surface area contributed by atoms with Crippen LogP contribution in [0.2, 0.25) is 0 Å². The summed E-state index contributed by atoms with van der Waals surface area (Å²) >= 11 is 0. The number of halogens is 1. The van der Waals surface area contributed by atoms with Gasteiger partial charge in [-0.3, -0.25) is 9.39 Å². The Bertz CT molecular complexity index is 994. The third-order valence-corrected chi connectivity index (χ3v) is 5.37. The Hall–Kier alpha value is -2.43. The fraction of sp³-hybridized carbons (Fsp3) is 0.455. The van der Waals surface area contributed by atoms with E-state index in [1.807, 2.05) is 41.8 Å². The van der Waals surface area contributed by atoms with Gasteiger partial charge < -0.3 is 15.5 Å². The molecule has 0 unspecified atom stereocenters. The summed E-state index contributed by atoms with van der Waals surface area (Å²) in [5, 5.41) is 15.5. The van der Waals surface area contributed by atoms with Crippen LogP contribution in [0.1, 0.15) is 31.3 Å². The van der Waals surface area contributed by atoms with Gasteiger partial charge in [0.2, 0.25) is 0 Å². The van der Waals surface area contributed by atoms with Crippen molar-refractivity contribution in [2.45, 2.75) is 39.2 Å². The highest BCUT2D eigenvalue weighted by Crippen LogP contribution is 2.18. The molecule has 1 fully saturated rings. The number of piperidine rings is 1. The number of hydrogen-bond donors (Lipinski definition) is 2. The molecule has 8 nitrogen and oxygen atoms in total. The predicted octanol–water partition coefficient (Wildman–Crippen LogP) is 2.82. The van der Waals surface area contributed by atoms with Crippen molar-refractivity contribution >= 4 is 41.4 Å². The molecule has 3 aromatic heterocycles. The largest absolute Gasteiger partial charge is 0.357 e. The summed E-state index contributed by atoms with van der Waals surface area (Å²) in [5.41, 5.74) is 1.94. The second-order valence-corrected chi connectivity index (χ2v) is 7.60. The Labute approximate surface area is 200 Å². The van der Waals surface area contributed by atoms with E-state index in [1.165, 1.54) is 0 Å². The third-order valence-electron chi connectivity index (χ3n) is 5.37. The summed E-state index contributed by atoms with van der Waals surface area (Å²) < 4.78 is 2.02. The number of pyridine rings is 2. The van der Waals surface area contributed by atoms with Gasteiger partial charge in [-0.2, -0.15) is 0 Å². The first-order valence-electron chi connectivity index (χ1n) is 10.7. The van der Waals surface area contributed by atoms with Gasteiger partial charge in [0.15, 0.2) is 11.6 Å². The van der Waals surface area contributed by atoms with Crippen molar-refractivity contribution in [1.29, 1.82) is 0 Å². The van der Waals surface area contributed by atoms with Crippen LogP contribution in [0, 0.1) is 6.92 Å². The monoisotopic (exact) mass is 534 g/mol. The molecule has 0 atom stereocenters. The van der Waals surface area contributed by atoms with Gasteiger partial charge in [-0.15, -0.1) is 34.2 Å². The molecule has 2 N–H and O–H groups in total. The SMILES string of the molecule is CCNC(=NCCc1nnc2ccccn12)NC1CCN(c2cccc(C)n2)CC1.I. The molecule has 1 aliphatic rings. The molecule has 1 saturated heterocycles. The van der Waals surface area contributed by atoms with Gasteiger partial charge in [0.25, 0.3) is 0 Å². The number of aliphatic imine (C=N–C) groups is 1. The average molecular weight is 534 g/mol. The minimum absolute atomic E-state index is 0. The normalized spacial score (nSPS) is 15.0. The maximum Gasteiger partial charge on any atom is 0.191 e. The number of anilines is 1. The number of hydrogen-bond acceptors (Lipinski definition) is 5. The molecule has 4 rings (SSSR count). The minimum atomic E-state index is 0. The summed E-state index contributed by atoms with van der Waals surface area (Å²) in [6, 6.07) is 12.6. The topological polar surface area (TPSA) is 82.7 Å². The molecule has 0 aromatic carbocycles. The van der Waals surface area contributed by atoms with E-state index in [0.29, 0.717) is 12.6 Å². The van der Waals surface area contributed by atoms with Crippen LogP contribution in [-0.2, 0) is 6.42 Å². The molecule has 9 heteroatoms. The third kappa shape index (κ3) is 6.05. The van der Waals surface area contributed by atoms with E-state index in [0.717, 1.165) is 67.8 Å². The first-order chi connectivity index (χ1) is 14.7. The zero-order chi connectivity index (χ0) is 20.8. The van der Waals surface area contributed by atoms with Crippen molar-refractivity contribution in [2.75, 3.05) is 31.1 Å². The number of aromatic nitrogens is 4. The van der Waals surface area contributed by atoms with Gasteiger partial charge in [0.05, 0.1) is 0 Å². The van der Waals surface area contributed by atoms with E-state index >= 15 is 0 Å². The summed E-state index contributed by atoms with van der Waals surface area (Å²) in [4.78, 5) is 11.8. The Morgan fingerprint density at radius 3 is 2.74 bits per heavy atom. The molecule has 0 aliphatic carbocycles. The number of fused-ring (bicyclic) bond motifs is 1. The highest BCUT2D eigenvalue weighted by molar-refractivity contribution is 14.0. The lowest BCUT2D eigenvalue weighted by Gasteiger charge is -2.34. The molecule has 0 radical (unpaired) electrons. The second-order valence-electron chi connectivity index (χ2n) is 7.60. The highest BCUT2D eigenvalue weighted by Gasteiger charge is 2.21. The summed E-state index contributed by atoms with van der Waals surface area (Å²) in [7, 11) is 0. The summed E-state index contributed by atoms with van der Waals surface area (Å²) in [6.07, 6.45) is 4.87. The first kappa shape index (κ1) is 23.2. The Morgan fingerprint density at radius 1 is 1.13 bits per heavy atom. The van der Waals surface area contributed by atoms with Crippen LogP contribution in [0.15, 0.2) is 47.6 Å². The van der Waals surface area contributed by atoms with E-state index < -0.39 is 0 Å². The van der Waals surface area contributed by atoms with Crippen molar-refractivity contribution < 1.29 is 0 Å². The number of aryl methyl sites for hydroxylation is 1. The average Bonchev–Trinajstić information content (AvgIpc) is 3.18. The van der Waals surface area contributed by atoms with Crippen LogP contribution < -0.4 is 15.5 Å². The van der Waals surface area contributed by atoms with Crippen molar-refractivity contribution in [3.63, 3.8) is 0 Å². The van der Waals surface area contributed by atoms with Gasteiger partial charge >= 0.3 is 0 Å². The molecule has 0 saturated carbocycles. The fourth-order valence-corrected chi connectivity index (χ4v) is 3.80. The van der Waals surface area contributed by atoms with Gasteiger partial charge in [-0.25, -0.2) is 4.98 Å². The lowest BCUT2D eigenvalue weighted by molar-refractivity contribution is 0.459. The first-order valence-corrected chi connectivity index (χ1v) is 10.7. The van der Waals surface area contributed by atoms with Crippen LogP contribution in [0.3, 0.4) is 0 Å². The smallest absolute Gasteiger partial charge is 0.191 e. The van der Waals surface area contributed by atoms with Crippen molar-refractivity contribution in [3.8, 4) is 0 Å². The summed E-state index contributed by atoms with van der Waals surface area (Å²) in [6.45, 7) is 7.63. The van der Waals surface area contributed by atoms with Crippen LogP contribution in [0.5, 0.6) is 0 Å². The molecule has 3 aromatic rings. The molecule has 0 bridgehead atoms. The maximum absolute atomic E-state index is 4.77. The van der Waals surface area contributed by atoms with Crippen molar-refractivity contribution in [3.05, 3.63) is 54.1 Å². The van der Waals surface area contributed by atoms with Gasteiger partial charge in [0.1, 0.15) is 11.6 Å².